The Hall–Kier alpha value is -1.39. The summed E-state index contributed by atoms with van der Waals surface area (Å²) in [7, 11) is 4.14. The highest BCUT2D eigenvalue weighted by atomic mass is 16.3. The molecule has 0 saturated heterocycles. The number of hydrogen-bond donors (Lipinski definition) is 1. The third-order valence-electron chi connectivity index (χ3n) is 3.56. The number of hydrogen-bond acceptors (Lipinski definition) is 4. The van der Waals surface area contributed by atoms with Gasteiger partial charge in [0.05, 0.1) is 6.04 Å². The average Bonchev–Trinajstić information content (AvgIpc) is 2.84. The van der Waals surface area contributed by atoms with Crippen LogP contribution in [0.5, 0.6) is 0 Å². The van der Waals surface area contributed by atoms with Crippen LogP contribution in [0.4, 0.5) is 0 Å². The van der Waals surface area contributed by atoms with Crippen molar-refractivity contribution in [1.29, 1.82) is 0 Å². The zero-order valence-corrected chi connectivity index (χ0v) is 10.2. The third kappa shape index (κ3) is 1.73. The fourth-order valence-electron chi connectivity index (χ4n) is 2.60. The van der Waals surface area contributed by atoms with E-state index in [0.29, 0.717) is 0 Å². The predicted octanol–water partition coefficient (Wildman–Crippen LogP) is 1.92. The molecule has 0 amide bonds. The summed E-state index contributed by atoms with van der Waals surface area (Å²) >= 11 is 0. The fourth-order valence-corrected chi connectivity index (χ4v) is 2.60. The fraction of sp³-hybridized carbons (Fsp3) is 0.462. The molecule has 1 fully saturated rings. The van der Waals surface area contributed by atoms with Crippen LogP contribution in [-0.4, -0.2) is 29.5 Å². The van der Waals surface area contributed by atoms with Gasteiger partial charge in [0, 0.05) is 5.54 Å². The molecule has 1 saturated carbocycles. The highest BCUT2D eigenvalue weighted by Gasteiger charge is 2.47. The van der Waals surface area contributed by atoms with E-state index in [2.05, 4.69) is 36.1 Å². The van der Waals surface area contributed by atoms with E-state index in [4.69, 9.17) is 10.2 Å². The van der Waals surface area contributed by atoms with Crippen LogP contribution in [-0.2, 0) is 0 Å². The maximum atomic E-state index is 6.36. The van der Waals surface area contributed by atoms with Crippen LogP contribution in [0.3, 0.4) is 0 Å². The maximum Gasteiger partial charge on any atom is 0.181 e. The topological polar surface area (TPSA) is 55.3 Å². The summed E-state index contributed by atoms with van der Waals surface area (Å²) in [5.41, 5.74) is 9.22. The van der Waals surface area contributed by atoms with Gasteiger partial charge in [-0.25, -0.2) is 4.98 Å². The molecule has 0 spiro atoms. The molecule has 4 nitrogen and oxygen atoms in total. The third-order valence-corrected chi connectivity index (χ3v) is 3.56. The van der Waals surface area contributed by atoms with Crippen LogP contribution < -0.4 is 5.73 Å². The van der Waals surface area contributed by atoms with E-state index in [-0.39, 0.29) is 11.6 Å². The summed E-state index contributed by atoms with van der Waals surface area (Å²) in [5, 5.41) is 0. The molecule has 2 N–H and O–H groups in total. The van der Waals surface area contributed by atoms with Crippen LogP contribution in [0.1, 0.15) is 24.4 Å². The van der Waals surface area contributed by atoms with Gasteiger partial charge in [-0.05, 0) is 44.6 Å². The van der Waals surface area contributed by atoms with Crippen LogP contribution in [0.25, 0.3) is 11.1 Å². The van der Waals surface area contributed by atoms with Gasteiger partial charge in [0.2, 0.25) is 0 Å². The summed E-state index contributed by atoms with van der Waals surface area (Å²) < 4.78 is 5.35. The molecular formula is C13H17N3O. The molecular weight excluding hydrogens is 214 g/mol. The molecule has 4 heteroatoms. The van der Waals surface area contributed by atoms with Crippen LogP contribution in [0, 0.1) is 0 Å². The van der Waals surface area contributed by atoms with Gasteiger partial charge in [0.1, 0.15) is 5.52 Å². The van der Waals surface area contributed by atoms with Gasteiger partial charge in [-0.2, -0.15) is 0 Å². The summed E-state index contributed by atoms with van der Waals surface area (Å²) in [6, 6.07) is 6.40. The zero-order chi connectivity index (χ0) is 12.0. The molecule has 1 aromatic carbocycles. The maximum absolute atomic E-state index is 6.36. The van der Waals surface area contributed by atoms with Crippen LogP contribution >= 0.6 is 0 Å². The van der Waals surface area contributed by atoms with Crippen molar-refractivity contribution in [3.63, 3.8) is 0 Å². The number of aromatic nitrogens is 1. The molecule has 2 aromatic rings. The second-order valence-corrected chi connectivity index (χ2v) is 5.18. The molecule has 0 radical (unpaired) electrons. The Bertz CT molecular complexity index is 542. The summed E-state index contributed by atoms with van der Waals surface area (Å²) in [6.07, 6.45) is 3.66. The molecule has 1 aliphatic carbocycles. The minimum Gasteiger partial charge on any atom is -0.443 e. The number of rotatable bonds is 3. The Morgan fingerprint density at radius 3 is 2.82 bits per heavy atom. The van der Waals surface area contributed by atoms with Crippen molar-refractivity contribution >= 4 is 11.1 Å². The highest BCUT2D eigenvalue weighted by Crippen LogP contribution is 2.46. The minimum atomic E-state index is -0.0722. The predicted molar refractivity (Wildman–Crippen MR) is 66.6 cm³/mol. The van der Waals surface area contributed by atoms with Crippen molar-refractivity contribution in [1.82, 2.24) is 9.88 Å². The molecule has 1 heterocycles. The number of fused-ring (bicyclic) bond motifs is 1. The average molecular weight is 231 g/mol. The lowest BCUT2D eigenvalue weighted by molar-refractivity contribution is 0.246. The van der Waals surface area contributed by atoms with Gasteiger partial charge in [-0.3, -0.25) is 0 Å². The largest absolute Gasteiger partial charge is 0.443 e. The highest BCUT2D eigenvalue weighted by molar-refractivity contribution is 5.73. The Morgan fingerprint density at radius 1 is 1.41 bits per heavy atom. The number of benzene rings is 1. The van der Waals surface area contributed by atoms with Crippen molar-refractivity contribution < 1.29 is 4.42 Å². The van der Waals surface area contributed by atoms with Gasteiger partial charge in [-0.15, -0.1) is 0 Å². The Kier molecular flexibility index (Phi) is 2.24. The molecule has 1 aliphatic rings. The van der Waals surface area contributed by atoms with E-state index in [0.717, 1.165) is 23.9 Å². The van der Waals surface area contributed by atoms with Crippen LogP contribution in [0.15, 0.2) is 29.0 Å². The molecule has 17 heavy (non-hydrogen) atoms. The van der Waals surface area contributed by atoms with Gasteiger partial charge < -0.3 is 15.1 Å². The molecule has 1 aromatic heterocycles. The van der Waals surface area contributed by atoms with E-state index < -0.39 is 0 Å². The first-order valence-electron chi connectivity index (χ1n) is 5.89. The molecule has 1 unspecified atom stereocenters. The van der Waals surface area contributed by atoms with E-state index in [1.165, 1.54) is 12.0 Å². The standard InChI is InChI=1S/C13H17N3O/c1-16(2)12(13(14)5-6-13)9-3-4-10-11(7-9)17-8-15-10/h3-4,7-8,12H,5-6,14H2,1-2H3. The zero-order valence-electron chi connectivity index (χ0n) is 10.2. The Morgan fingerprint density at radius 2 is 2.18 bits per heavy atom. The number of nitrogens with zero attached hydrogens (tertiary/aromatic N) is 2. The number of nitrogens with two attached hydrogens (primary N) is 1. The first-order chi connectivity index (χ1) is 8.10. The summed E-state index contributed by atoms with van der Waals surface area (Å²) in [6.45, 7) is 0. The van der Waals surface area contributed by atoms with Crippen molar-refractivity contribution in [3.8, 4) is 0 Å². The Balaban J connectivity index is 2.05. The molecule has 0 aliphatic heterocycles. The van der Waals surface area contributed by atoms with E-state index in [9.17, 15) is 0 Å². The van der Waals surface area contributed by atoms with Crippen molar-refractivity contribution in [3.05, 3.63) is 30.2 Å². The quantitative estimate of drug-likeness (QED) is 0.876. The Labute approximate surface area is 100 Å². The van der Waals surface area contributed by atoms with E-state index in [1.807, 2.05) is 6.07 Å². The van der Waals surface area contributed by atoms with Gasteiger partial charge >= 0.3 is 0 Å². The lowest BCUT2D eigenvalue weighted by Crippen LogP contribution is -2.39. The molecule has 3 rings (SSSR count). The van der Waals surface area contributed by atoms with E-state index >= 15 is 0 Å². The van der Waals surface area contributed by atoms with Gasteiger partial charge in [0.25, 0.3) is 0 Å². The summed E-state index contributed by atoms with van der Waals surface area (Å²) in [5.74, 6) is 0. The van der Waals surface area contributed by atoms with Crippen molar-refractivity contribution in [2.45, 2.75) is 24.4 Å². The second-order valence-electron chi connectivity index (χ2n) is 5.18. The van der Waals surface area contributed by atoms with E-state index in [1.54, 1.807) is 0 Å². The van der Waals surface area contributed by atoms with Crippen molar-refractivity contribution in [2.24, 2.45) is 5.73 Å². The normalized spacial score (nSPS) is 19.8. The smallest absolute Gasteiger partial charge is 0.181 e. The van der Waals surface area contributed by atoms with Crippen LogP contribution in [0.2, 0.25) is 0 Å². The number of likely N-dealkylation sites (N-methyl/N-ethyl adjacent to an activating group) is 1. The SMILES string of the molecule is CN(C)C(c1ccc2ncoc2c1)C1(N)CC1. The minimum absolute atomic E-state index is 0.0722. The molecule has 1 atom stereocenters. The second kappa shape index (κ2) is 3.55. The lowest BCUT2D eigenvalue weighted by Gasteiger charge is -2.30. The molecule has 90 valence electrons. The first-order valence-corrected chi connectivity index (χ1v) is 5.89. The lowest BCUT2D eigenvalue weighted by atomic mass is 9.96. The first kappa shape index (κ1) is 10.7. The monoisotopic (exact) mass is 231 g/mol. The molecule has 0 bridgehead atoms. The number of oxazole rings is 1. The van der Waals surface area contributed by atoms with Gasteiger partial charge in [0.15, 0.2) is 12.0 Å². The van der Waals surface area contributed by atoms with Crippen molar-refractivity contribution in [2.75, 3.05) is 14.1 Å². The summed E-state index contributed by atoms with van der Waals surface area (Å²) in [4.78, 5) is 6.32. The van der Waals surface area contributed by atoms with Gasteiger partial charge in [-0.1, -0.05) is 6.07 Å².